The summed E-state index contributed by atoms with van der Waals surface area (Å²) in [5, 5.41) is 3.12. The van der Waals surface area contributed by atoms with E-state index in [2.05, 4.69) is 5.32 Å². The van der Waals surface area contributed by atoms with Gasteiger partial charge < -0.3 is 10.1 Å². The van der Waals surface area contributed by atoms with E-state index in [1.165, 1.54) is 5.56 Å². The van der Waals surface area contributed by atoms with E-state index in [1.54, 1.807) is 6.92 Å². The van der Waals surface area contributed by atoms with Crippen molar-refractivity contribution in [3.63, 3.8) is 0 Å². The molecule has 0 bridgehead atoms. The molecule has 17 heavy (non-hydrogen) atoms. The molecule has 0 heterocycles. The molecule has 0 aliphatic carbocycles. The third-order valence-electron chi connectivity index (χ3n) is 2.20. The lowest BCUT2D eigenvalue weighted by molar-refractivity contribution is -0.155. The van der Waals surface area contributed by atoms with Crippen LogP contribution < -0.4 is 5.32 Å². The number of hydrogen-bond donors (Lipinski definition) is 1. The van der Waals surface area contributed by atoms with Gasteiger partial charge in [-0.2, -0.15) is 0 Å². The fraction of sp³-hybridized carbons (Fsp3) is 0.500. The fourth-order valence-electron chi connectivity index (χ4n) is 1.35. The molecule has 1 aromatic carbocycles. The molecule has 0 radical (unpaired) electrons. The maximum atomic E-state index is 11.7. The highest BCUT2D eigenvalue weighted by Crippen LogP contribution is 2.13. The van der Waals surface area contributed by atoms with E-state index in [4.69, 9.17) is 4.74 Å². The number of aryl methyl sites for hydroxylation is 1. The fourth-order valence-corrected chi connectivity index (χ4v) is 1.35. The Labute approximate surface area is 103 Å². The van der Waals surface area contributed by atoms with Crippen LogP contribution in [-0.2, 0) is 9.53 Å². The molecule has 0 fully saturated rings. The van der Waals surface area contributed by atoms with Crippen LogP contribution in [0, 0.1) is 6.92 Å². The Morgan fingerprint density at radius 1 is 1.24 bits per heavy atom. The van der Waals surface area contributed by atoms with Crippen molar-refractivity contribution in [2.24, 2.45) is 0 Å². The summed E-state index contributed by atoms with van der Waals surface area (Å²) < 4.78 is 5.29. The highest BCUT2D eigenvalue weighted by molar-refractivity contribution is 5.79. The first kappa shape index (κ1) is 13.6. The maximum Gasteiger partial charge on any atom is 0.328 e. The number of ether oxygens (including phenoxy) is 1. The predicted molar refractivity (Wildman–Crippen MR) is 70.1 cm³/mol. The van der Waals surface area contributed by atoms with E-state index in [1.807, 2.05) is 52.0 Å². The van der Waals surface area contributed by atoms with Gasteiger partial charge in [0.2, 0.25) is 0 Å². The Balaban J connectivity index is 2.57. The first-order valence-electron chi connectivity index (χ1n) is 5.84. The summed E-state index contributed by atoms with van der Waals surface area (Å²) in [6.45, 7) is 9.42. The van der Waals surface area contributed by atoms with E-state index in [9.17, 15) is 4.79 Å². The lowest BCUT2D eigenvalue weighted by Gasteiger charge is -2.23. The first-order chi connectivity index (χ1) is 7.78. The number of rotatable bonds is 3. The summed E-state index contributed by atoms with van der Waals surface area (Å²) in [5.41, 5.74) is 1.68. The van der Waals surface area contributed by atoms with Crippen LogP contribution in [0.25, 0.3) is 0 Å². The largest absolute Gasteiger partial charge is 0.458 e. The monoisotopic (exact) mass is 235 g/mol. The van der Waals surface area contributed by atoms with E-state index < -0.39 is 5.60 Å². The van der Waals surface area contributed by atoms with E-state index in [0.29, 0.717) is 0 Å². The summed E-state index contributed by atoms with van der Waals surface area (Å²) in [4.78, 5) is 11.7. The maximum absolute atomic E-state index is 11.7. The van der Waals surface area contributed by atoms with Crippen LogP contribution in [-0.4, -0.2) is 17.6 Å². The van der Waals surface area contributed by atoms with Gasteiger partial charge in [-0.1, -0.05) is 17.7 Å². The lowest BCUT2D eigenvalue weighted by Crippen LogP contribution is -2.34. The van der Waals surface area contributed by atoms with Gasteiger partial charge in [0.1, 0.15) is 11.6 Å². The van der Waals surface area contributed by atoms with Gasteiger partial charge in [0.25, 0.3) is 0 Å². The molecule has 0 aliphatic heterocycles. The Morgan fingerprint density at radius 2 is 1.76 bits per heavy atom. The SMILES string of the molecule is Cc1ccc(N[C@H](C)C(=O)OC(C)(C)C)cc1. The van der Waals surface area contributed by atoms with E-state index >= 15 is 0 Å². The highest BCUT2D eigenvalue weighted by Gasteiger charge is 2.21. The van der Waals surface area contributed by atoms with Gasteiger partial charge in [-0.05, 0) is 46.8 Å². The third-order valence-corrected chi connectivity index (χ3v) is 2.20. The zero-order chi connectivity index (χ0) is 13.1. The molecule has 0 aromatic heterocycles. The van der Waals surface area contributed by atoms with Crippen molar-refractivity contribution in [3.8, 4) is 0 Å². The minimum Gasteiger partial charge on any atom is -0.458 e. The summed E-state index contributed by atoms with van der Waals surface area (Å²) in [6.07, 6.45) is 0. The molecule has 1 rings (SSSR count). The van der Waals surface area contributed by atoms with Crippen LogP contribution in [0.2, 0.25) is 0 Å². The van der Waals surface area contributed by atoms with Crippen molar-refractivity contribution in [2.45, 2.75) is 46.3 Å². The number of esters is 1. The quantitative estimate of drug-likeness (QED) is 0.818. The second-order valence-electron chi connectivity index (χ2n) is 5.27. The molecule has 0 saturated heterocycles. The summed E-state index contributed by atoms with van der Waals surface area (Å²) >= 11 is 0. The average molecular weight is 235 g/mol. The standard InChI is InChI=1S/C14H21NO2/c1-10-6-8-12(9-7-10)15-11(2)13(16)17-14(3,4)5/h6-9,11,15H,1-5H3/t11-/m1/s1. The van der Waals surface area contributed by atoms with Crippen LogP contribution >= 0.6 is 0 Å². The Bertz CT molecular complexity index is 376. The second kappa shape index (κ2) is 5.21. The van der Waals surface area contributed by atoms with Crippen LogP contribution in [0.5, 0.6) is 0 Å². The molecular weight excluding hydrogens is 214 g/mol. The van der Waals surface area contributed by atoms with Crippen molar-refractivity contribution >= 4 is 11.7 Å². The molecule has 0 unspecified atom stereocenters. The molecule has 0 saturated carbocycles. The lowest BCUT2D eigenvalue weighted by atomic mass is 10.2. The topological polar surface area (TPSA) is 38.3 Å². The van der Waals surface area contributed by atoms with Crippen molar-refractivity contribution in [2.75, 3.05) is 5.32 Å². The van der Waals surface area contributed by atoms with Crippen molar-refractivity contribution in [1.29, 1.82) is 0 Å². The van der Waals surface area contributed by atoms with Crippen molar-refractivity contribution in [3.05, 3.63) is 29.8 Å². The van der Waals surface area contributed by atoms with E-state index in [-0.39, 0.29) is 12.0 Å². The number of carbonyl (C=O) groups excluding carboxylic acids is 1. The molecule has 0 amide bonds. The number of carbonyl (C=O) groups is 1. The Morgan fingerprint density at radius 3 is 2.24 bits per heavy atom. The number of hydrogen-bond acceptors (Lipinski definition) is 3. The van der Waals surface area contributed by atoms with Gasteiger partial charge >= 0.3 is 5.97 Å². The van der Waals surface area contributed by atoms with E-state index in [0.717, 1.165) is 5.69 Å². The second-order valence-corrected chi connectivity index (χ2v) is 5.27. The molecule has 0 aliphatic rings. The summed E-state index contributed by atoms with van der Waals surface area (Å²) in [7, 11) is 0. The average Bonchev–Trinajstić information content (AvgIpc) is 2.19. The van der Waals surface area contributed by atoms with Crippen molar-refractivity contribution < 1.29 is 9.53 Å². The summed E-state index contributed by atoms with van der Waals surface area (Å²) in [5.74, 6) is -0.238. The smallest absolute Gasteiger partial charge is 0.328 e. The normalized spacial score (nSPS) is 13.0. The molecule has 3 nitrogen and oxygen atoms in total. The predicted octanol–water partition coefficient (Wildman–Crippen LogP) is 3.14. The zero-order valence-corrected chi connectivity index (χ0v) is 11.2. The Hall–Kier alpha value is -1.51. The Kier molecular flexibility index (Phi) is 4.16. The van der Waals surface area contributed by atoms with Gasteiger partial charge in [-0.25, -0.2) is 4.79 Å². The van der Waals surface area contributed by atoms with Crippen molar-refractivity contribution in [1.82, 2.24) is 0 Å². The molecule has 94 valence electrons. The molecule has 1 N–H and O–H groups in total. The van der Waals surface area contributed by atoms with Gasteiger partial charge in [0.15, 0.2) is 0 Å². The zero-order valence-electron chi connectivity index (χ0n) is 11.2. The highest BCUT2D eigenvalue weighted by atomic mass is 16.6. The minimum atomic E-state index is -0.444. The molecule has 1 atom stereocenters. The minimum absolute atomic E-state index is 0.238. The van der Waals surface area contributed by atoms with Gasteiger partial charge in [0, 0.05) is 5.69 Å². The first-order valence-corrected chi connectivity index (χ1v) is 5.84. The van der Waals surface area contributed by atoms with Gasteiger partial charge in [0.05, 0.1) is 0 Å². The van der Waals surface area contributed by atoms with Crippen LogP contribution in [0.4, 0.5) is 5.69 Å². The molecule has 3 heteroatoms. The summed E-state index contributed by atoms with van der Waals surface area (Å²) in [6, 6.07) is 7.57. The van der Waals surface area contributed by atoms with Gasteiger partial charge in [-0.15, -0.1) is 0 Å². The van der Waals surface area contributed by atoms with Crippen LogP contribution in [0.1, 0.15) is 33.3 Å². The number of anilines is 1. The van der Waals surface area contributed by atoms with Crippen LogP contribution in [0.15, 0.2) is 24.3 Å². The number of nitrogens with one attached hydrogen (secondary N) is 1. The molecule has 1 aromatic rings. The third kappa shape index (κ3) is 4.89. The van der Waals surface area contributed by atoms with Crippen LogP contribution in [0.3, 0.4) is 0 Å². The molecule has 0 spiro atoms. The molecular formula is C14H21NO2. The van der Waals surface area contributed by atoms with Gasteiger partial charge in [-0.3, -0.25) is 0 Å². The number of benzene rings is 1.